The molecule has 0 bridgehead atoms. The van der Waals surface area contributed by atoms with Crippen LogP contribution < -0.4 is 14.8 Å². The van der Waals surface area contributed by atoms with Gasteiger partial charge in [-0.15, -0.1) is 0 Å². The third kappa shape index (κ3) is 3.85. The van der Waals surface area contributed by atoms with Crippen molar-refractivity contribution in [2.75, 3.05) is 17.9 Å². The third-order valence-corrected chi connectivity index (χ3v) is 5.40. The van der Waals surface area contributed by atoms with Crippen molar-refractivity contribution >= 4 is 34.3 Å². The van der Waals surface area contributed by atoms with Gasteiger partial charge in [0.25, 0.3) is 0 Å². The van der Waals surface area contributed by atoms with Crippen molar-refractivity contribution in [1.29, 1.82) is 0 Å². The first-order valence-corrected chi connectivity index (χ1v) is 9.83. The van der Waals surface area contributed by atoms with Gasteiger partial charge in [-0.25, -0.2) is 4.98 Å². The Hall–Kier alpha value is -2.73. The normalized spacial score (nSPS) is 12.4. The molecule has 1 aromatic heterocycles. The van der Waals surface area contributed by atoms with Crippen LogP contribution in [0.1, 0.15) is 18.1 Å². The number of ether oxygens (including phenoxy) is 2. The van der Waals surface area contributed by atoms with Crippen molar-refractivity contribution in [3.63, 3.8) is 0 Å². The van der Waals surface area contributed by atoms with Crippen molar-refractivity contribution in [2.24, 2.45) is 0 Å². The summed E-state index contributed by atoms with van der Waals surface area (Å²) in [5.41, 5.74) is 3.90. The Morgan fingerprint density at radius 2 is 2.00 bits per heavy atom. The molecule has 1 N–H and O–H groups in total. The van der Waals surface area contributed by atoms with Crippen LogP contribution in [0, 0.1) is 6.92 Å². The average Bonchev–Trinajstić information content (AvgIpc) is 3.11. The zero-order valence-corrected chi connectivity index (χ0v) is 16.1. The van der Waals surface area contributed by atoms with Gasteiger partial charge in [0, 0.05) is 17.1 Å². The van der Waals surface area contributed by atoms with Gasteiger partial charge in [-0.3, -0.25) is 4.79 Å². The number of anilines is 1. The first-order chi connectivity index (χ1) is 13.1. The quantitative estimate of drug-likeness (QED) is 0.657. The van der Waals surface area contributed by atoms with Crippen molar-refractivity contribution in [3.05, 3.63) is 53.6 Å². The molecule has 0 radical (unpaired) electrons. The van der Waals surface area contributed by atoms with Gasteiger partial charge in [0.1, 0.15) is 5.03 Å². The lowest BCUT2D eigenvalue weighted by Gasteiger charge is -2.10. The Labute approximate surface area is 162 Å². The summed E-state index contributed by atoms with van der Waals surface area (Å²) in [6.07, 6.45) is 0.846. The summed E-state index contributed by atoms with van der Waals surface area (Å²) >= 11 is 1.46. The minimum atomic E-state index is -0.0414. The SMILES string of the molecule is CCc1cc2cc3c(cc2nc1SCC(=O)Nc1cccc(C)c1)OCO3. The summed E-state index contributed by atoms with van der Waals surface area (Å²) < 4.78 is 10.9. The van der Waals surface area contributed by atoms with Crippen LogP contribution in [0.15, 0.2) is 47.5 Å². The fourth-order valence-corrected chi connectivity index (χ4v) is 3.91. The molecule has 4 rings (SSSR count). The van der Waals surface area contributed by atoms with E-state index in [0.29, 0.717) is 11.5 Å². The number of pyridine rings is 1. The van der Waals surface area contributed by atoms with Crippen LogP contribution in [0.2, 0.25) is 0 Å². The van der Waals surface area contributed by atoms with E-state index in [2.05, 4.69) is 18.3 Å². The Morgan fingerprint density at radius 3 is 2.78 bits per heavy atom. The number of carbonyl (C=O) groups is 1. The summed E-state index contributed by atoms with van der Waals surface area (Å²) in [5, 5.41) is 4.83. The third-order valence-electron chi connectivity index (χ3n) is 4.37. The number of carbonyl (C=O) groups excluding carboxylic acids is 1. The average molecular weight is 380 g/mol. The number of rotatable bonds is 5. The zero-order valence-electron chi connectivity index (χ0n) is 15.2. The largest absolute Gasteiger partial charge is 0.454 e. The van der Waals surface area contributed by atoms with E-state index in [0.717, 1.165) is 44.9 Å². The second kappa shape index (κ2) is 7.48. The lowest BCUT2D eigenvalue weighted by atomic mass is 10.1. The molecule has 2 aromatic carbocycles. The summed E-state index contributed by atoms with van der Waals surface area (Å²) in [6, 6.07) is 13.8. The molecule has 1 aliphatic rings. The summed E-state index contributed by atoms with van der Waals surface area (Å²) in [5.74, 6) is 1.74. The van der Waals surface area contributed by atoms with Gasteiger partial charge >= 0.3 is 0 Å². The number of hydrogen-bond acceptors (Lipinski definition) is 5. The van der Waals surface area contributed by atoms with E-state index in [-0.39, 0.29) is 12.7 Å². The molecule has 1 aliphatic heterocycles. The zero-order chi connectivity index (χ0) is 18.8. The lowest BCUT2D eigenvalue weighted by molar-refractivity contribution is -0.113. The lowest BCUT2D eigenvalue weighted by Crippen LogP contribution is -2.14. The molecule has 0 atom stereocenters. The highest BCUT2D eigenvalue weighted by Gasteiger charge is 2.16. The minimum absolute atomic E-state index is 0.0414. The van der Waals surface area contributed by atoms with Gasteiger partial charge in [-0.05, 0) is 48.7 Å². The van der Waals surface area contributed by atoms with Crippen LogP contribution in [0.5, 0.6) is 11.5 Å². The fraction of sp³-hybridized carbons (Fsp3) is 0.238. The predicted octanol–water partition coefficient (Wildman–Crippen LogP) is 4.57. The number of aromatic nitrogens is 1. The molecule has 0 fully saturated rings. The van der Waals surface area contributed by atoms with Crippen molar-refractivity contribution in [3.8, 4) is 11.5 Å². The molecular weight excluding hydrogens is 360 g/mol. The molecule has 5 nitrogen and oxygen atoms in total. The highest BCUT2D eigenvalue weighted by Crippen LogP contribution is 2.37. The number of benzene rings is 2. The Kier molecular flexibility index (Phi) is 4.90. The number of nitrogens with one attached hydrogen (secondary N) is 1. The molecule has 1 amide bonds. The first kappa shape index (κ1) is 17.7. The van der Waals surface area contributed by atoms with Gasteiger partial charge in [0.05, 0.1) is 11.3 Å². The minimum Gasteiger partial charge on any atom is -0.454 e. The molecule has 27 heavy (non-hydrogen) atoms. The number of aryl methyl sites for hydroxylation is 2. The van der Waals surface area contributed by atoms with Gasteiger partial charge < -0.3 is 14.8 Å². The van der Waals surface area contributed by atoms with Crippen LogP contribution in [0.25, 0.3) is 10.9 Å². The molecule has 0 unspecified atom stereocenters. The molecule has 0 aliphatic carbocycles. The maximum Gasteiger partial charge on any atom is 0.234 e. The van der Waals surface area contributed by atoms with E-state index in [1.165, 1.54) is 11.8 Å². The predicted molar refractivity (Wildman–Crippen MR) is 108 cm³/mol. The standard InChI is InChI=1S/C21H20N2O3S/c1-3-14-8-15-9-18-19(26-12-25-18)10-17(15)23-21(14)27-11-20(24)22-16-6-4-5-13(2)7-16/h4-10H,3,11-12H2,1-2H3,(H,22,24). The number of thioether (sulfide) groups is 1. The highest BCUT2D eigenvalue weighted by molar-refractivity contribution is 8.00. The van der Waals surface area contributed by atoms with Crippen molar-refractivity contribution < 1.29 is 14.3 Å². The van der Waals surface area contributed by atoms with Crippen molar-refractivity contribution in [1.82, 2.24) is 4.98 Å². The molecule has 6 heteroatoms. The van der Waals surface area contributed by atoms with E-state index in [1.807, 2.05) is 43.3 Å². The Balaban J connectivity index is 1.52. The Bertz CT molecular complexity index is 1020. The topological polar surface area (TPSA) is 60.5 Å². The molecule has 3 aromatic rings. The molecule has 0 spiro atoms. The van der Waals surface area contributed by atoms with E-state index in [1.54, 1.807) is 0 Å². The summed E-state index contributed by atoms with van der Waals surface area (Å²) in [4.78, 5) is 17.1. The highest BCUT2D eigenvalue weighted by atomic mass is 32.2. The summed E-state index contributed by atoms with van der Waals surface area (Å²) in [6.45, 7) is 4.34. The van der Waals surface area contributed by atoms with Crippen LogP contribution in [-0.4, -0.2) is 23.4 Å². The van der Waals surface area contributed by atoms with E-state index in [4.69, 9.17) is 14.5 Å². The second-order valence-electron chi connectivity index (χ2n) is 6.41. The van der Waals surface area contributed by atoms with Gasteiger partial charge in [-0.1, -0.05) is 30.8 Å². The van der Waals surface area contributed by atoms with Crippen LogP contribution in [-0.2, 0) is 11.2 Å². The fourth-order valence-electron chi connectivity index (χ4n) is 3.02. The smallest absolute Gasteiger partial charge is 0.234 e. The molecular formula is C21H20N2O3S. The first-order valence-electron chi connectivity index (χ1n) is 8.85. The molecule has 2 heterocycles. The van der Waals surface area contributed by atoms with Crippen molar-refractivity contribution in [2.45, 2.75) is 25.3 Å². The monoisotopic (exact) mass is 380 g/mol. The molecule has 138 valence electrons. The number of nitrogens with zero attached hydrogens (tertiary/aromatic N) is 1. The van der Waals surface area contributed by atoms with Gasteiger partial charge in [0.2, 0.25) is 12.7 Å². The molecule has 0 saturated heterocycles. The van der Waals surface area contributed by atoms with E-state index < -0.39 is 0 Å². The summed E-state index contributed by atoms with van der Waals surface area (Å²) in [7, 11) is 0. The maximum absolute atomic E-state index is 12.3. The second-order valence-corrected chi connectivity index (χ2v) is 7.37. The number of amides is 1. The van der Waals surface area contributed by atoms with E-state index in [9.17, 15) is 4.79 Å². The number of hydrogen-bond donors (Lipinski definition) is 1. The van der Waals surface area contributed by atoms with Gasteiger partial charge in [0.15, 0.2) is 11.5 Å². The Morgan fingerprint density at radius 1 is 1.19 bits per heavy atom. The molecule has 0 saturated carbocycles. The van der Waals surface area contributed by atoms with Crippen LogP contribution >= 0.6 is 11.8 Å². The maximum atomic E-state index is 12.3. The van der Waals surface area contributed by atoms with E-state index >= 15 is 0 Å². The number of fused-ring (bicyclic) bond motifs is 2. The van der Waals surface area contributed by atoms with Crippen LogP contribution in [0.4, 0.5) is 5.69 Å². The van der Waals surface area contributed by atoms with Crippen LogP contribution in [0.3, 0.4) is 0 Å². The van der Waals surface area contributed by atoms with Gasteiger partial charge in [-0.2, -0.15) is 0 Å².